The third kappa shape index (κ3) is 5.75. The van der Waals surface area contributed by atoms with E-state index in [-0.39, 0.29) is 12.0 Å². The second-order valence-electron chi connectivity index (χ2n) is 4.14. The largest absolute Gasteiger partial charge is 0.465 e. The summed E-state index contributed by atoms with van der Waals surface area (Å²) in [7, 11) is 0. The van der Waals surface area contributed by atoms with Gasteiger partial charge in [0.1, 0.15) is 6.04 Å². The maximum atomic E-state index is 11.7. The second kappa shape index (κ2) is 7.96. The zero-order chi connectivity index (χ0) is 11.8. The molecule has 0 amide bonds. The second-order valence-corrected chi connectivity index (χ2v) is 5.54. The van der Waals surface area contributed by atoms with Gasteiger partial charge in [-0.3, -0.25) is 4.79 Å². The van der Waals surface area contributed by atoms with Crippen molar-refractivity contribution in [1.82, 2.24) is 5.32 Å². The minimum atomic E-state index is -0.0976. The Morgan fingerprint density at radius 3 is 2.81 bits per heavy atom. The lowest BCUT2D eigenvalue weighted by Gasteiger charge is -2.16. The molecule has 0 aromatic rings. The monoisotopic (exact) mass is 245 g/mol. The first-order valence-corrected chi connectivity index (χ1v) is 7.41. The number of rotatable bonds is 9. The predicted molar refractivity (Wildman–Crippen MR) is 68.8 cm³/mol. The molecular weight excluding hydrogens is 222 g/mol. The van der Waals surface area contributed by atoms with Gasteiger partial charge in [-0.15, -0.1) is 0 Å². The van der Waals surface area contributed by atoms with Crippen LogP contribution in [-0.2, 0) is 9.53 Å². The van der Waals surface area contributed by atoms with Gasteiger partial charge in [-0.2, -0.15) is 11.8 Å². The average molecular weight is 245 g/mol. The van der Waals surface area contributed by atoms with Crippen LogP contribution < -0.4 is 5.32 Å². The Morgan fingerprint density at radius 1 is 1.50 bits per heavy atom. The highest BCUT2D eigenvalue weighted by Crippen LogP contribution is 2.27. The summed E-state index contributed by atoms with van der Waals surface area (Å²) < 4.78 is 5.08. The van der Waals surface area contributed by atoms with Gasteiger partial charge in [0, 0.05) is 0 Å². The molecular formula is C12H23NO2S. The molecule has 1 rings (SSSR count). The van der Waals surface area contributed by atoms with Crippen molar-refractivity contribution in [3.8, 4) is 0 Å². The minimum absolute atomic E-state index is 0.0835. The molecule has 1 saturated carbocycles. The molecule has 0 aliphatic heterocycles. The van der Waals surface area contributed by atoms with Crippen molar-refractivity contribution in [1.29, 1.82) is 0 Å². The molecule has 0 spiro atoms. The van der Waals surface area contributed by atoms with E-state index in [4.69, 9.17) is 4.74 Å². The number of hydrogen-bond donors (Lipinski definition) is 1. The molecule has 1 atom stereocenters. The Bertz CT molecular complexity index is 207. The summed E-state index contributed by atoms with van der Waals surface area (Å²) in [6, 6.07) is -0.0976. The van der Waals surface area contributed by atoms with Gasteiger partial charge in [0.2, 0.25) is 0 Å². The molecule has 94 valence electrons. The summed E-state index contributed by atoms with van der Waals surface area (Å²) in [5.74, 6) is 2.85. The Balaban J connectivity index is 2.23. The highest BCUT2D eigenvalue weighted by Gasteiger charge is 2.25. The molecule has 4 heteroatoms. The van der Waals surface area contributed by atoms with Gasteiger partial charge in [0.25, 0.3) is 0 Å². The Morgan fingerprint density at radius 2 is 2.25 bits per heavy atom. The fourth-order valence-electron chi connectivity index (χ4n) is 1.52. The zero-order valence-corrected chi connectivity index (χ0v) is 11.1. The fraction of sp³-hybridized carbons (Fsp3) is 0.917. The number of carbonyl (C=O) groups is 1. The van der Waals surface area contributed by atoms with Crippen molar-refractivity contribution in [2.24, 2.45) is 5.92 Å². The maximum absolute atomic E-state index is 11.7. The number of nitrogens with one attached hydrogen (secondary N) is 1. The van der Waals surface area contributed by atoms with E-state index < -0.39 is 0 Å². The van der Waals surface area contributed by atoms with Gasteiger partial charge in [-0.1, -0.05) is 6.92 Å². The Labute approximate surface area is 103 Å². The van der Waals surface area contributed by atoms with Crippen LogP contribution >= 0.6 is 11.8 Å². The van der Waals surface area contributed by atoms with E-state index in [0.717, 1.165) is 30.4 Å². The van der Waals surface area contributed by atoms with Crippen molar-refractivity contribution in [2.75, 3.05) is 24.7 Å². The SMILES string of the molecule is CCOC(=O)C(CCSCC)NCC1CC1. The lowest BCUT2D eigenvalue weighted by Crippen LogP contribution is -2.39. The molecule has 1 aliphatic carbocycles. The van der Waals surface area contributed by atoms with Gasteiger partial charge in [0.15, 0.2) is 0 Å². The van der Waals surface area contributed by atoms with Crippen molar-refractivity contribution >= 4 is 17.7 Å². The van der Waals surface area contributed by atoms with Crippen LogP contribution in [0.25, 0.3) is 0 Å². The summed E-state index contributed by atoms with van der Waals surface area (Å²) in [6.45, 7) is 5.44. The van der Waals surface area contributed by atoms with E-state index in [9.17, 15) is 4.79 Å². The molecule has 0 bridgehead atoms. The van der Waals surface area contributed by atoms with Crippen LogP contribution in [-0.4, -0.2) is 36.7 Å². The van der Waals surface area contributed by atoms with Gasteiger partial charge in [0.05, 0.1) is 6.61 Å². The molecule has 0 aromatic heterocycles. The number of ether oxygens (including phenoxy) is 1. The van der Waals surface area contributed by atoms with Crippen molar-refractivity contribution < 1.29 is 9.53 Å². The van der Waals surface area contributed by atoms with Crippen LogP contribution in [0.5, 0.6) is 0 Å². The van der Waals surface area contributed by atoms with Crippen molar-refractivity contribution in [2.45, 2.75) is 39.2 Å². The van der Waals surface area contributed by atoms with Gasteiger partial charge >= 0.3 is 5.97 Å². The number of carbonyl (C=O) groups excluding carboxylic acids is 1. The van der Waals surface area contributed by atoms with E-state index in [1.807, 2.05) is 18.7 Å². The van der Waals surface area contributed by atoms with Crippen LogP contribution in [0.1, 0.15) is 33.1 Å². The fourth-order valence-corrected chi connectivity index (χ4v) is 2.21. The number of hydrogen-bond acceptors (Lipinski definition) is 4. The number of thioether (sulfide) groups is 1. The summed E-state index contributed by atoms with van der Waals surface area (Å²) in [5.41, 5.74) is 0. The third-order valence-electron chi connectivity index (χ3n) is 2.68. The molecule has 0 heterocycles. The van der Waals surface area contributed by atoms with E-state index in [1.165, 1.54) is 12.8 Å². The van der Waals surface area contributed by atoms with E-state index in [1.54, 1.807) is 0 Å². The smallest absolute Gasteiger partial charge is 0.323 e. The van der Waals surface area contributed by atoms with Crippen LogP contribution in [0.15, 0.2) is 0 Å². The van der Waals surface area contributed by atoms with Gasteiger partial charge < -0.3 is 10.1 Å². The molecule has 1 fully saturated rings. The molecule has 1 aliphatic rings. The van der Waals surface area contributed by atoms with E-state index >= 15 is 0 Å². The summed E-state index contributed by atoms with van der Waals surface area (Å²) in [6.07, 6.45) is 3.50. The van der Waals surface area contributed by atoms with Crippen LogP contribution in [0.4, 0.5) is 0 Å². The normalized spacial score (nSPS) is 17.1. The summed E-state index contributed by atoms with van der Waals surface area (Å²) in [4.78, 5) is 11.7. The molecule has 16 heavy (non-hydrogen) atoms. The maximum Gasteiger partial charge on any atom is 0.323 e. The minimum Gasteiger partial charge on any atom is -0.465 e. The lowest BCUT2D eigenvalue weighted by molar-refractivity contribution is -0.145. The standard InChI is InChI=1S/C12H23NO2S/c1-3-15-12(14)11(7-8-16-4-2)13-9-10-5-6-10/h10-11,13H,3-9H2,1-2H3. The van der Waals surface area contributed by atoms with Gasteiger partial charge in [-0.25, -0.2) is 0 Å². The molecule has 0 radical (unpaired) electrons. The van der Waals surface area contributed by atoms with Crippen LogP contribution in [0, 0.1) is 5.92 Å². The lowest BCUT2D eigenvalue weighted by atomic mass is 10.2. The zero-order valence-electron chi connectivity index (χ0n) is 10.3. The quantitative estimate of drug-likeness (QED) is 0.498. The van der Waals surface area contributed by atoms with Crippen LogP contribution in [0.3, 0.4) is 0 Å². The summed E-state index contributed by atoms with van der Waals surface area (Å²) in [5, 5.41) is 3.34. The first-order chi connectivity index (χ1) is 7.77. The van der Waals surface area contributed by atoms with Crippen LogP contribution in [0.2, 0.25) is 0 Å². The van der Waals surface area contributed by atoms with Crippen molar-refractivity contribution in [3.63, 3.8) is 0 Å². The highest BCUT2D eigenvalue weighted by atomic mass is 32.2. The molecule has 1 unspecified atom stereocenters. The molecule has 3 nitrogen and oxygen atoms in total. The molecule has 0 aromatic carbocycles. The topological polar surface area (TPSA) is 38.3 Å². The third-order valence-corrected chi connectivity index (χ3v) is 3.61. The first kappa shape index (κ1) is 13.8. The van der Waals surface area contributed by atoms with E-state index in [0.29, 0.717) is 6.61 Å². The van der Waals surface area contributed by atoms with E-state index in [2.05, 4.69) is 12.2 Å². The predicted octanol–water partition coefficient (Wildman–Crippen LogP) is 2.06. The average Bonchev–Trinajstić information content (AvgIpc) is 3.07. The summed E-state index contributed by atoms with van der Waals surface area (Å²) >= 11 is 1.87. The first-order valence-electron chi connectivity index (χ1n) is 6.25. The molecule has 0 saturated heterocycles. The number of esters is 1. The Hall–Kier alpha value is -0.220. The van der Waals surface area contributed by atoms with Gasteiger partial charge in [-0.05, 0) is 50.2 Å². The molecule has 1 N–H and O–H groups in total. The highest BCUT2D eigenvalue weighted by molar-refractivity contribution is 7.99. The Kier molecular flexibility index (Phi) is 6.88. The van der Waals surface area contributed by atoms with Crippen molar-refractivity contribution in [3.05, 3.63) is 0 Å².